The normalized spacial score (nSPS) is 18.8. The molecule has 1 aliphatic rings. The molecule has 1 aromatic heterocycles. The predicted molar refractivity (Wildman–Crippen MR) is 88.1 cm³/mol. The fourth-order valence-corrected chi connectivity index (χ4v) is 3.38. The number of aromatic nitrogens is 1. The molecule has 0 radical (unpaired) electrons. The second-order valence-electron chi connectivity index (χ2n) is 6.06. The SMILES string of the molecule is COCCCC1CCCCN1C(=O)c1ccc2[nH]ccc2c1. The molecule has 1 atom stereocenters. The zero-order valence-electron chi connectivity index (χ0n) is 13.2. The summed E-state index contributed by atoms with van der Waals surface area (Å²) in [6.45, 7) is 1.65. The molecular formula is C18H24N2O2. The lowest BCUT2D eigenvalue weighted by Crippen LogP contribution is -2.43. The highest BCUT2D eigenvalue weighted by Gasteiger charge is 2.27. The second-order valence-corrected chi connectivity index (χ2v) is 6.06. The number of nitrogens with one attached hydrogen (secondary N) is 1. The summed E-state index contributed by atoms with van der Waals surface area (Å²) in [6.07, 6.45) is 7.40. The van der Waals surface area contributed by atoms with Gasteiger partial charge in [0.05, 0.1) is 0 Å². The summed E-state index contributed by atoms with van der Waals surface area (Å²) in [5.74, 6) is 0.171. The molecule has 4 nitrogen and oxygen atoms in total. The third-order valence-corrected chi connectivity index (χ3v) is 4.57. The van der Waals surface area contributed by atoms with Crippen molar-refractivity contribution in [3.63, 3.8) is 0 Å². The molecule has 3 rings (SSSR count). The Bertz CT molecular complexity index is 635. The topological polar surface area (TPSA) is 45.3 Å². The average Bonchev–Trinajstić information content (AvgIpc) is 3.02. The fourth-order valence-electron chi connectivity index (χ4n) is 3.38. The van der Waals surface area contributed by atoms with Gasteiger partial charge in [0, 0.05) is 49.0 Å². The molecule has 0 spiro atoms. The molecule has 1 fully saturated rings. The maximum absolute atomic E-state index is 12.9. The first-order chi connectivity index (χ1) is 10.8. The van der Waals surface area contributed by atoms with Crippen LogP contribution in [0.2, 0.25) is 0 Å². The van der Waals surface area contributed by atoms with E-state index in [2.05, 4.69) is 9.88 Å². The largest absolute Gasteiger partial charge is 0.385 e. The Labute approximate surface area is 131 Å². The first-order valence-corrected chi connectivity index (χ1v) is 8.16. The number of carbonyl (C=O) groups is 1. The lowest BCUT2D eigenvalue weighted by atomic mass is 9.97. The Morgan fingerprint density at radius 2 is 2.27 bits per heavy atom. The summed E-state index contributed by atoms with van der Waals surface area (Å²) in [4.78, 5) is 18.1. The number of rotatable bonds is 5. The van der Waals surface area contributed by atoms with Gasteiger partial charge in [-0.15, -0.1) is 0 Å². The highest BCUT2D eigenvalue weighted by atomic mass is 16.5. The molecule has 0 bridgehead atoms. The first kappa shape index (κ1) is 15.1. The van der Waals surface area contributed by atoms with Crippen molar-refractivity contribution < 1.29 is 9.53 Å². The molecule has 2 heterocycles. The lowest BCUT2D eigenvalue weighted by Gasteiger charge is -2.36. The van der Waals surface area contributed by atoms with Crippen molar-refractivity contribution in [3.8, 4) is 0 Å². The van der Waals surface area contributed by atoms with Gasteiger partial charge in [0.1, 0.15) is 0 Å². The van der Waals surface area contributed by atoms with Crippen LogP contribution in [0.15, 0.2) is 30.5 Å². The van der Waals surface area contributed by atoms with Crippen molar-refractivity contribution in [1.82, 2.24) is 9.88 Å². The molecule has 118 valence electrons. The maximum atomic E-state index is 12.9. The van der Waals surface area contributed by atoms with Gasteiger partial charge in [-0.1, -0.05) is 0 Å². The van der Waals surface area contributed by atoms with Crippen molar-refractivity contribution in [2.45, 2.75) is 38.1 Å². The Kier molecular flexibility index (Phi) is 4.78. The molecule has 1 aromatic carbocycles. The van der Waals surface area contributed by atoms with E-state index in [1.807, 2.05) is 30.5 Å². The third kappa shape index (κ3) is 3.17. The molecule has 0 aliphatic carbocycles. The summed E-state index contributed by atoms with van der Waals surface area (Å²) in [5.41, 5.74) is 1.87. The van der Waals surface area contributed by atoms with E-state index < -0.39 is 0 Å². The number of ether oxygens (including phenoxy) is 1. The van der Waals surface area contributed by atoms with E-state index in [9.17, 15) is 4.79 Å². The van der Waals surface area contributed by atoms with Crippen LogP contribution in [0.1, 0.15) is 42.5 Å². The molecule has 1 aliphatic heterocycles. The van der Waals surface area contributed by atoms with Crippen LogP contribution < -0.4 is 0 Å². The molecule has 1 unspecified atom stereocenters. The van der Waals surface area contributed by atoms with Gasteiger partial charge in [-0.25, -0.2) is 0 Å². The van der Waals surface area contributed by atoms with E-state index in [0.29, 0.717) is 6.04 Å². The molecule has 0 saturated carbocycles. The minimum absolute atomic E-state index is 0.171. The molecule has 2 aromatic rings. The monoisotopic (exact) mass is 300 g/mol. The van der Waals surface area contributed by atoms with Gasteiger partial charge in [0.25, 0.3) is 5.91 Å². The van der Waals surface area contributed by atoms with Gasteiger partial charge >= 0.3 is 0 Å². The van der Waals surface area contributed by atoms with E-state index in [0.717, 1.165) is 55.3 Å². The number of benzene rings is 1. The quantitative estimate of drug-likeness (QED) is 0.858. The zero-order chi connectivity index (χ0) is 15.4. The van der Waals surface area contributed by atoms with E-state index in [1.54, 1.807) is 7.11 Å². The number of piperidine rings is 1. The highest BCUT2D eigenvalue weighted by Crippen LogP contribution is 2.24. The van der Waals surface area contributed by atoms with Gasteiger partial charge in [-0.05, 0) is 56.4 Å². The number of likely N-dealkylation sites (tertiary alicyclic amines) is 1. The van der Waals surface area contributed by atoms with Crippen LogP contribution in [0.4, 0.5) is 0 Å². The second kappa shape index (κ2) is 6.97. The van der Waals surface area contributed by atoms with Crippen molar-refractivity contribution in [1.29, 1.82) is 0 Å². The summed E-state index contributed by atoms with van der Waals surface area (Å²) < 4.78 is 5.15. The Morgan fingerprint density at radius 3 is 3.14 bits per heavy atom. The number of methoxy groups -OCH3 is 1. The first-order valence-electron chi connectivity index (χ1n) is 8.16. The number of aromatic amines is 1. The number of fused-ring (bicyclic) bond motifs is 1. The molecule has 1 saturated heterocycles. The van der Waals surface area contributed by atoms with Crippen molar-refractivity contribution in [2.24, 2.45) is 0 Å². The molecule has 4 heteroatoms. The predicted octanol–water partition coefficient (Wildman–Crippen LogP) is 3.59. The molecule has 1 N–H and O–H groups in total. The summed E-state index contributed by atoms with van der Waals surface area (Å²) in [7, 11) is 1.73. The maximum Gasteiger partial charge on any atom is 0.254 e. The van der Waals surface area contributed by atoms with Crippen molar-refractivity contribution in [3.05, 3.63) is 36.0 Å². The number of H-pyrrole nitrogens is 1. The molecule has 22 heavy (non-hydrogen) atoms. The minimum Gasteiger partial charge on any atom is -0.385 e. The van der Waals surface area contributed by atoms with E-state index in [1.165, 1.54) is 6.42 Å². The molecular weight excluding hydrogens is 276 g/mol. The smallest absolute Gasteiger partial charge is 0.254 e. The van der Waals surface area contributed by atoms with Crippen molar-refractivity contribution in [2.75, 3.05) is 20.3 Å². The number of carbonyl (C=O) groups excluding carboxylic acids is 1. The highest BCUT2D eigenvalue weighted by molar-refractivity contribution is 5.98. The van der Waals surface area contributed by atoms with Crippen LogP contribution in [-0.4, -0.2) is 42.1 Å². The fraction of sp³-hybridized carbons (Fsp3) is 0.500. The standard InChI is InChI=1S/C18H24N2O2/c1-22-12-4-6-16-5-2-3-11-20(16)18(21)15-7-8-17-14(13-15)9-10-19-17/h7-10,13,16,19H,2-6,11-12H2,1H3. The van der Waals surface area contributed by atoms with Crippen molar-refractivity contribution >= 4 is 16.8 Å². The molecule has 1 amide bonds. The van der Waals surface area contributed by atoms with Gasteiger partial charge in [0.15, 0.2) is 0 Å². The Hall–Kier alpha value is -1.81. The third-order valence-electron chi connectivity index (χ3n) is 4.57. The number of nitrogens with zero attached hydrogens (tertiary/aromatic N) is 1. The van der Waals surface area contributed by atoms with Gasteiger partial charge < -0.3 is 14.6 Å². The van der Waals surface area contributed by atoms with Gasteiger partial charge in [-0.3, -0.25) is 4.79 Å². The van der Waals surface area contributed by atoms with Gasteiger partial charge in [0.2, 0.25) is 0 Å². The van der Waals surface area contributed by atoms with Crippen LogP contribution in [0.5, 0.6) is 0 Å². The number of hydrogen-bond donors (Lipinski definition) is 1. The van der Waals surface area contributed by atoms with Crippen LogP contribution in [0.25, 0.3) is 10.9 Å². The Morgan fingerprint density at radius 1 is 1.36 bits per heavy atom. The number of amides is 1. The Balaban J connectivity index is 1.75. The summed E-state index contributed by atoms with van der Waals surface area (Å²) in [6, 6.07) is 8.29. The summed E-state index contributed by atoms with van der Waals surface area (Å²) in [5, 5.41) is 1.10. The average molecular weight is 300 g/mol. The van der Waals surface area contributed by atoms with Crippen LogP contribution >= 0.6 is 0 Å². The van der Waals surface area contributed by atoms with Crippen LogP contribution in [0.3, 0.4) is 0 Å². The summed E-state index contributed by atoms with van der Waals surface area (Å²) >= 11 is 0. The zero-order valence-corrected chi connectivity index (χ0v) is 13.2. The lowest BCUT2D eigenvalue weighted by molar-refractivity contribution is 0.0585. The van der Waals surface area contributed by atoms with Crippen LogP contribution in [0, 0.1) is 0 Å². The van der Waals surface area contributed by atoms with E-state index in [4.69, 9.17) is 4.74 Å². The van der Waals surface area contributed by atoms with Gasteiger partial charge in [-0.2, -0.15) is 0 Å². The minimum atomic E-state index is 0.171. The van der Waals surface area contributed by atoms with E-state index >= 15 is 0 Å². The van der Waals surface area contributed by atoms with E-state index in [-0.39, 0.29) is 5.91 Å². The number of hydrogen-bond acceptors (Lipinski definition) is 2. The van der Waals surface area contributed by atoms with Crippen LogP contribution in [-0.2, 0) is 4.74 Å².